The molecule has 0 saturated carbocycles. The molecule has 2 amide bonds. The molecule has 0 fully saturated rings. The number of carbonyl (C=O) groups excluding carboxylic acids is 2. The molecule has 0 bridgehead atoms. The van der Waals surface area contributed by atoms with E-state index in [-0.39, 0.29) is 24.6 Å². The molecule has 0 unspecified atom stereocenters. The third-order valence-corrected chi connectivity index (χ3v) is 4.00. The molecule has 1 aromatic heterocycles. The van der Waals surface area contributed by atoms with Crippen LogP contribution in [0.1, 0.15) is 25.6 Å². The number of benzene rings is 1. The first kappa shape index (κ1) is 16.1. The summed E-state index contributed by atoms with van der Waals surface area (Å²) in [6.07, 6.45) is 0. The van der Waals surface area contributed by atoms with Crippen molar-refractivity contribution in [2.24, 2.45) is 0 Å². The van der Waals surface area contributed by atoms with E-state index in [1.54, 1.807) is 13.0 Å². The van der Waals surface area contributed by atoms with E-state index in [9.17, 15) is 14.0 Å². The van der Waals surface area contributed by atoms with Gasteiger partial charge in [0, 0.05) is 12.1 Å². The van der Waals surface area contributed by atoms with Crippen molar-refractivity contribution in [1.82, 2.24) is 5.32 Å². The Hall–Kier alpha value is -2.25. The summed E-state index contributed by atoms with van der Waals surface area (Å²) in [6.45, 7) is 1.78. The molecule has 2 aromatic rings. The molecule has 0 radical (unpaired) electrons. The van der Waals surface area contributed by atoms with E-state index in [0.717, 1.165) is 23.0 Å². The topological polar surface area (TPSA) is 78.4 Å². The van der Waals surface area contributed by atoms with Gasteiger partial charge in [0.1, 0.15) is 5.82 Å². The third kappa shape index (κ3) is 3.90. The molecule has 1 heterocycles. The van der Waals surface area contributed by atoms with Gasteiger partial charge in [0.15, 0.2) is 0 Å². The van der Waals surface area contributed by atoms with Gasteiger partial charge in [-0.3, -0.25) is 9.59 Å². The Morgan fingerprint density at radius 3 is 2.73 bits per heavy atom. The molecular weight excluding hydrogens is 307 g/mol. The maximum absolute atomic E-state index is 13.1. The predicted molar refractivity (Wildman–Crippen MR) is 82.8 cm³/mol. The molecule has 116 valence electrons. The lowest BCUT2D eigenvalue weighted by atomic mass is 10.2. The number of thiophene rings is 1. The Balaban J connectivity index is 2.11. The number of amides is 2. The van der Waals surface area contributed by atoms with Crippen molar-refractivity contribution in [3.63, 3.8) is 0 Å². The first-order valence-electron chi connectivity index (χ1n) is 6.57. The molecule has 0 aliphatic heterocycles. The number of aliphatic hydroxyl groups excluding tert-OH is 1. The first-order valence-corrected chi connectivity index (χ1v) is 7.39. The van der Waals surface area contributed by atoms with Crippen LogP contribution in [0.3, 0.4) is 0 Å². The van der Waals surface area contributed by atoms with E-state index in [1.165, 1.54) is 18.2 Å². The quantitative estimate of drug-likeness (QED) is 0.789. The highest BCUT2D eigenvalue weighted by atomic mass is 32.1. The Morgan fingerprint density at radius 2 is 2.05 bits per heavy atom. The summed E-state index contributed by atoms with van der Waals surface area (Å²) < 4.78 is 13.1. The summed E-state index contributed by atoms with van der Waals surface area (Å²) in [5, 5.41) is 14.4. The van der Waals surface area contributed by atoms with Crippen LogP contribution in [0.4, 0.5) is 9.39 Å². The van der Waals surface area contributed by atoms with Crippen LogP contribution in [0.2, 0.25) is 0 Å². The molecule has 0 spiro atoms. The van der Waals surface area contributed by atoms with Gasteiger partial charge in [-0.15, -0.1) is 11.3 Å². The number of hydrogen-bond donors (Lipinski definition) is 3. The highest BCUT2D eigenvalue weighted by Crippen LogP contribution is 2.27. The fourth-order valence-electron chi connectivity index (χ4n) is 1.83. The number of halogens is 1. The van der Waals surface area contributed by atoms with E-state index >= 15 is 0 Å². The minimum Gasteiger partial charge on any atom is -0.395 e. The summed E-state index contributed by atoms with van der Waals surface area (Å²) in [5.74, 6) is -1.23. The van der Waals surface area contributed by atoms with E-state index < -0.39 is 11.7 Å². The first-order chi connectivity index (χ1) is 10.5. The number of hydrogen-bond acceptors (Lipinski definition) is 4. The summed E-state index contributed by atoms with van der Waals surface area (Å²) in [4.78, 5) is 24.3. The maximum Gasteiger partial charge on any atom is 0.261 e. The fourth-order valence-corrected chi connectivity index (χ4v) is 2.82. The van der Waals surface area contributed by atoms with Crippen molar-refractivity contribution in [2.75, 3.05) is 18.5 Å². The largest absolute Gasteiger partial charge is 0.395 e. The van der Waals surface area contributed by atoms with E-state index in [4.69, 9.17) is 5.11 Å². The average molecular weight is 322 g/mol. The molecule has 7 heteroatoms. The minimum absolute atomic E-state index is 0.140. The number of rotatable bonds is 5. The van der Waals surface area contributed by atoms with Crippen molar-refractivity contribution in [3.8, 4) is 0 Å². The molecular formula is C15H15FN2O3S. The molecule has 22 heavy (non-hydrogen) atoms. The van der Waals surface area contributed by atoms with Crippen molar-refractivity contribution in [1.29, 1.82) is 0 Å². The van der Waals surface area contributed by atoms with Gasteiger partial charge in [-0.1, -0.05) is 6.07 Å². The lowest BCUT2D eigenvalue weighted by Crippen LogP contribution is -2.26. The lowest BCUT2D eigenvalue weighted by Gasteiger charge is -2.02. The van der Waals surface area contributed by atoms with Crippen LogP contribution in [-0.2, 0) is 0 Å². The summed E-state index contributed by atoms with van der Waals surface area (Å²) in [5.41, 5.74) is 0.923. The Kier molecular flexibility index (Phi) is 5.24. The van der Waals surface area contributed by atoms with Gasteiger partial charge in [0.25, 0.3) is 11.8 Å². The third-order valence-electron chi connectivity index (χ3n) is 2.84. The van der Waals surface area contributed by atoms with Crippen LogP contribution in [0.5, 0.6) is 0 Å². The molecule has 1 aromatic carbocycles. The zero-order chi connectivity index (χ0) is 16.1. The van der Waals surface area contributed by atoms with Gasteiger partial charge < -0.3 is 15.7 Å². The Bertz CT molecular complexity index is 700. The zero-order valence-corrected chi connectivity index (χ0v) is 12.7. The average Bonchev–Trinajstić information content (AvgIpc) is 2.85. The fraction of sp³-hybridized carbons (Fsp3) is 0.200. The highest BCUT2D eigenvalue weighted by molar-refractivity contribution is 7.18. The molecule has 5 nitrogen and oxygen atoms in total. The minimum atomic E-state index is -0.487. The second kappa shape index (κ2) is 7.15. The van der Waals surface area contributed by atoms with E-state index in [1.807, 2.05) is 0 Å². The number of anilines is 1. The van der Waals surface area contributed by atoms with Crippen LogP contribution in [0.25, 0.3) is 0 Å². The Morgan fingerprint density at radius 1 is 1.27 bits per heavy atom. The summed E-state index contributed by atoms with van der Waals surface area (Å²) in [7, 11) is 0. The number of nitrogens with one attached hydrogen (secondary N) is 2. The van der Waals surface area contributed by atoms with Crippen LogP contribution < -0.4 is 10.6 Å². The molecule has 0 saturated heterocycles. The van der Waals surface area contributed by atoms with Gasteiger partial charge in [-0.2, -0.15) is 0 Å². The van der Waals surface area contributed by atoms with Crippen LogP contribution >= 0.6 is 11.3 Å². The second-order valence-electron chi connectivity index (χ2n) is 4.57. The summed E-state index contributed by atoms with van der Waals surface area (Å²) >= 11 is 1.13. The zero-order valence-electron chi connectivity index (χ0n) is 11.9. The number of aryl methyl sites for hydroxylation is 1. The smallest absolute Gasteiger partial charge is 0.261 e. The SMILES string of the molecule is Cc1cc(NC(=O)c2cccc(F)c2)sc1C(=O)NCCO. The Labute approximate surface area is 130 Å². The second-order valence-corrected chi connectivity index (χ2v) is 5.62. The van der Waals surface area contributed by atoms with Crippen LogP contribution in [0.15, 0.2) is 30.3 Å². The monoisotopic (exact) mass is 322 g/mol. The molecule has 0 aliphatic rings. The van der Waals surface area contributed by atoms with Crippen LogP contribution in [0, 0.1) is 12.7 Å². The predicted octanol–water partition coefficient (Wildman–Crippen LogP) is 2.17. The number of aliphatic hydroxyl groups is 1. The van der Waals surface area contributed by atoms with Gasteiger partial charge in [-0.25, -0.2) is 4.39 Å². The molecule has 0 aliphatic carbocycles. The molecule has 0 atom stereocenters. The van der Waals surface area contributed by atoms with Gasteiger partial charge >= 0.3 is 0 Å². The van der Waals surface area contributed by atoms with Gasteiger partial charge in [0.05, 0.1) is 16.5 Å². The van der Waals surface area contributed by atoms with Gasteiger partial charge in [-0.05, 0) is 36.8 Å². The highest BCUT2D eigenvalue weighted by Gasteiger charge is 2.15. The van der Waals surface area contributed by atoms with E-state index in [0.29, 0.717) is 9.88 Å². The lowest BCUT2D eigenvalue weighted by molar-refractivity contribution is 0.0947. The standard InChI is InChI=1S/C15H15FN2O3S/c1-9-7-12(22-13(9)15(21)17-5-6-19)18-14(20)10-3-2-4-11(16)8-10/h2-4,7-8,19H,5-6H2,1H3,(H,17,21)(H,18,20). The van der Waals surface area contributed by atoms with Crippen molar-refractivity contribution in [2.45, 2.75) is 6.92 Å². The van der Waals surface area contributed by atoms with Crippen molar-refractivity contribution < 1.29 is 19.1 Å². The molecule has 2 rings (SSSR count). The van der Waals surface area contributed by atoms with Crippen molar-refractivity contribution in [3.05, 3.63) is 52.2 Å². The maximum atomic E-state index is 13.1. The summed E-state index contributed by atoms with van der Waals surface area (Å²) in [6, 6.07) is 7.04. The number of carbonyl (C=O) groups is 2. The normalized spacial score (nSPS) is 10.3. The van der Waals surface area contributed by atoms with Gasteiger partial charge in [0.2, 0.25) is 0 Å². The molecule has 3 N–H and O–H groups in total. The van der Waals surface area contributed by atoms with Crippen LogP contribution in [-0.4, -0.2) is 30.1 Å². The van der Waals surface area contributed by atoms with E-state index in [2.05, 4.69) is 10.6 Å². The van der Waals surface area contributed by atoms with Crippen molar-refractivity contribution >= 4 is 28.2 Å².